The van der Waals surface area contributed by atoms with E-state index in [1.165, 1.54) is 7.11 Å². The van der Waals surface area contributed by atoms with Crippen LogP contribution in [0.2, 0.25) is 0 Å². The van der Waals surface area contributed by atoms with Crippen LogP contribution >= 0.6 is 0 Å². The number of carboxylic acids is 2. The predicted octanol–water partition coefficient (Wildman–Crippen LogP) is 0.0488. The topological polar surface area (TPSA) is 98.7 Å². The highest BCUT2D eigenvalue weighted by atomic mass is 16.5. The first-order valence-corrected chi connectivity index (χ1v) is 6.89. The summed E-state index contributed by atoms with van der Waals surface area (Å²) in [5.74, 6) is -5.00. The van der Waals surface area contributed by atoms with Gasteiger partial charge < -0.3 is 29.3 Å². The first-order valence-electron chi connectivity index (χ1n) is 6.89. The van der Waals surface area contributed by atoms with E-state index in [2.05, 4.69) is 0 Å². The van der Waals surface area contributed by atoms with Gasteiger partial charge in [0.2, 0.25) is 0 Å². The van der Waals surface area contributed by atoms with E-state index in [1.807, 2.05) is 0 Å². The molecule has 0 N–H and O–H groups in total. The number of methoxy groups -OCH3 is 1. The van der Waals surface area contributed by atoms with Crippen LogP contribution in [0.15, 0.2) is 42.5 Å². The summed E-state index contributed by atoms with van der Waals surface area (Å²) in [5.41, 5.74) is 0.855. The number of carbonyl (C=O) groups is 2. The molecule has 0 amide bonds. The Balaban J connectivity index is 2.24. The number of carboxylic acid groups (broad SMARTS) is 2. The number of para-hydroxylation sites is 1. The highest BCUT2D eigenvalue weighted by molar-refractivity contribution is 5.93. The molecule has 0 aromatic heterocycles. The molecule has 6 nitrogen and oxygen atoms in total. The quantitative estimate of drug-likeness (QED) is 0.740. The third kappa shape index (κ3) is 2.48. The summed E-state index contributed by atoms with van der Waals surface area (Å²) in [6, 6.07) is 11.5. The van der Waals surface area contributed by atoms with Gasteiger partial charge in [-0.05, 0) is 24.3 Å². The lowest BCUT2D eigenvalue weighted by Crippen LogP contribution is -2.47. The van der Waals surface area contributed by atoms with Crippen molar-refractivity contribution >= 4 is 11.9 Å². The standard InChI is InChI=1S/C17H14O6/c1-22-9-6-7-13-11(8-9)14(15(16(18)19)17(20)21)10-4-2-3-5-12(10)23-13/h2-8,14-15H,1H3,(H,18,19)(H,20,21)/p-2/t14-/m1/s1. The summed E-state index contributed by atoms with van der Waals surface area (Å²) in [5, 5.41) is 22.8. The molecule has 1 atom stereocenters. The maximum Gasteiger partial charge on any atom is 0.131 e. The minimum atomic E-state index is -1.84. The van der Waals surface area contributed by atoms with Gasteiger partial charge in [-0.2, -0.15) is 0 Å². The van der Waals surface area contributed by atoms with E-state index in [0.717, 1.165) is 0 Å². The molecule has 0 bridgehead atoms. The Morgan fingerprint density at radius 1 is 1.04 bits per heavy atom. The number of hydrogen-bond donors (Lipinski definition) is 0. The van der Waals surface area contributed by atoms with E-state index >= 15 is 0 Å². The maximum absolute atomic E-state index is 11.4. The van der Waals surface area contributed by atoms with Crippen molar-refractivity contribution in [3.05, 3.63) is 53.6 Å². The van der Waals surface area contributed by atoms with Gasteiger partial charge in [0, 0.05) is 23.0 Å². The number of fused-ring (bicyclic) bond motifs is 2. The van der Waals surface area contributed by atoms with E-state index in [9.17, 15) is 19.8 Å². The van der Waals surface area contributed by atoms with Crippen molar-refractivity contribution < 1.29 is 29.3 Å². The number of ether oxygens (including phenoxy) is 2. The average Bonchev–Trinajstić information content (AvgIpc) is 2.53. The molecule has 1 heterocycles. The first-order chi connectivity index (χ1) is 11.0. The summed E-state index contributed by atoms with van der Waals surface area (Å²) in [7, 11) is 1.46. The Morgan fingerprint density at radius 3 is 2.35 bits per heavy atom. The van der Waals surface area contributed by atoms with Gasteiger partial charge in [0.05, 0.1) is 19.0 Å². The van der Waals surface area contributed by atoms with Crippen molar-refractivity contribution in [3.63, 3.8) is 0 Å². The molecule has 2 aromatic rings. The van der Waals surface area contributed by atoms with E-state index in [0.29, 0.717) is 28.4 Å². The van der Waals surface area contributed by atoms with Gasteiger partial charge in [-0.25, -0.2) is 0 Å². The van der Waals surface area contributed by atoms with Crippen molar-refractivity contribution in [3.8, 4) is 17.2 Å². The first kappa shape index (κ1) is 14.9. The molecule has 0 spiro atoms. The van der Waals surface area contributed by atoms with Crippen LogP contribution in [0.25, 0.3) is 0 Å². The fourth-order valence-corrected chi connectivity index (χ4v) is 2.83. The van der Waals surface area contributed by atoms with Gasteiger partial charge in [-0.1, -0.05) is 18.2 Å². The molecule has 0 saturated heterocycles. The molecule has 1 aliphatic rings. The van der Waals surface area contributed by atoms with Gasteiger partial charge >= 0.3 is 0 Å². The molecule has 118 valence electrons. The summed E-state index contributed by atoms with van der Waals surface area (Å²) in [4.78, 5) is 22.8. The zero-order valence-electron chi connectivity index (χ0n) is 12.1. The Bertz CT molecular complexity index is 768. The summed E-state index contributed by atoms with van der Waals surface area (Å²) >= 11 is 0. The van der Waals surface area contributed by atoms with Gasteiger partial charge in [-0.3, -0.25) is 0 Å². The van der Waals surface area contributed by atoms with Crippen LogP contribution < -0.4 is 19.7 Å². The third-order valence-corrected chi connectivity index (χ3v) is 3.87. The van der Waals surface area contributed by atoms with Crippen molar-refractivity contribution in [2.24, 2.45) is 5.92 Å². The maximum atomic E-state index is 11.4. The molecule has 0 aliphatic carbocycles. The molecule has 6 heteroatoms. The predicted molar refractivity (Wildman–Crippen MR) is 74.9 cm³/mol. The van der Waals surface area contributed by atoms with E-state index in [1.54, 1.807) is 42.5 Å². The summed E-state index contributed by atoms with van der Waals surface area (Å²) < 4.78 is 10.9. The second-order valence-electron chi connectivity index (χ2n) is 5.14. The second kappa shape index (κ2) is 5.64. The molecule has 0 saturated carbocycles. The summed E-state index contributed by atoms with van der Waals surface area (Å²) in [6.07, 6.45) is 0. The number of benzene rings is 2. The van der Waals surface area contributed by atoms with Crippen LogP contribution in [0.5, 0.6) is 17.2 Å². The van der Waals surface area contributed by atoms with E-state index in [4.69, 9.17) is 9.47 Å². The van der Waals surface area contributed by atoms with E-state index in [-0.39, 0.29) is 0 Å². The molecule has 0 unspecified atom stereocenters. The second-order valence-corrected chi connectivity index (χ2v) is 5.14. The van der Waals surface area contributed by atoms with Crippen molar-refractivity contribution in [1.29, 1.82) is 0 Å². The Labute approximate surface area is 131 Å². The SMILES string of the molecule is COc1ccc2c(c1)[C@H](C(C(=O)[O-])C(=O)[O-])c1ccccc1O2. The molecule has 3 rings (SSSR count). The van der Waals surface area contributed by atoms with Gasteiger partial charge in [0.25, 0.3) is 0 Å². The molecular weight excluding hydrogens is 300 g/mol. The van der Waals surface area contributed by atoms with Gasteiger partial charge in [0.15, 0.2) is 0 Å². The van der Waals surface area contributed by atoms with Crippen LogP contribution in [-0.2, 0) is 9.59 Å². The molecule has 2 aromatic carbocycles. The number of hydrogen-bond acceptors (Lipinski definition) is 6. The number of rotatable bonds is 4. The van der Waals surface area contributed by atoms with Crippen LogP contribution in [0.4, 0.5) is 0 Å². The van der Waals surface area contributed by atoms with Crippen LogP contribution in [0.1, 0.15) is 17.0 Å². The zero-order valence-corrected chi connectivity index (χ0v) is 12.1. The fraction of sp³-hybridized carbons (Fsp3) is 0.176. The largest absolute Gasteiger partial charge is 0.549 e. The molecule has 1 aliphatic heterocycles. The normalized spacial score (nSPS) is 15.3. The van der Waals surface area contributed by atoms with Crippen LogP contribution in [0, 0.1) is 5.92 Å². The van der Waals surface area contributed by atoms with Crippen LogP contribution in [0.3, 0.4) is 0 Å². The van der Waals surface area contributed by atoms with Crippen molar-refractivity contribution in [2.45, 2.75) is 5.92 Å². The smallest absolute Gasteiger partial charge is 0.131 e. The Kier molecular flexibility index (Phi) is 3.65. The minimum absolute atomic E-state index is 0.377. The molecule has 23 heavy (non-hydrogen) atoms. The van der Waals surface area contributed by atoms with E-state index < -0.39 is 23.8 Å². The van der Waals surface area contributed by atoms with Gasteiger partial charge in [0.1, 0.15) is 17.2 Å². The Hall–Kier alpha value is -3.02. The molecule has 0 fully saturated rings. The lowest BCUT2D eigenvalue weighted by atomic mass is 9.78. The van der Waals surface area contributed by atoms with Gasteiger partial charge in [-0.15, -0.1) is 0 Å². The van der Waals surface area contributed by atoms with Crippen molar-refractivity contribution in [2.75, 3.05) is 7.11 Å². The van der Waals surface area contributed by atoms with Crippen molar-refractivity contribution in [1.82, 2.24) is 0 Å². The highest BCUT2D eigenvalue weighted by Crippen LogP contribution is 2.48. The number of aliphatic carboxylic acids is 2. The average molecular weight is 312 g/mol. The van der Waals surface area contributed by atoms with Crippen LogP contribution in [-0.4, -0.2) is 19.0 Å². The summed E-state index contributed by atoms with van der Waals surface area (Å²) in [6.45, 7) is 0. The third-order valence-electron chi connectivity index (χ3n) is 3.87. The monoisotopic (exact) mass is 312 g/mol. The number of carbonyl (C=O) groups excluding carboxylic acids is 2. The minimum Gasteiger partial charge on any atom is -0.549 e. The molecular formula is C17H12O6-2. The highest BCUT2D eigenvalue weighted by Gasteiger charge is 2.35. The molecule has 0 radical (unpaired) electrons. The lowest BCUT2D eigenvalue weighted by molar-refractivity contribution is -0.332. The fourth-order valence-electron chi connectivity index (χ4n) is 2.83. The zero-order chi connectivity index (χ0) is 16.6. The Morgan fingerprint density at radius 2 is 1.70 bits per heavy atom. The lowest BCUT2D eigenvalue weighted by Gasteiger charge is -2.35.